The van der Waals surface area contributed by atoms with Crippen molar-refractivity contribution in [2.75, 3.05) is 12.3 Å². The zero-order valence-corrected chi connectivity index (χ0v) is 16.1. The predicted octanol–water partition coefficient (Wildman–Crippen LogP) is 5.58. The van der Waals surface area contributed by atoms with Gasteiger partial charge in [-0.05, 0) is 24.3 Å². The molecular formula is C17H13Cl2F6N3O. The molecule has 1 atom stereocenters. The Labute approximate surface area is 171 Å². The third kappa shape index (κ3) is 5.45. The fraction of sp³-hybridized carbons (Fsp3) is 0.294. The number of carbonyl (C=O) groups excluding carboxylic acids is 1. The summed E-state index contributed by atoms with van der Waals surface area (Å²) in [6.07, 6.45) is -9.45. The van der Waals surface area contributed by atoms with Crippen LogP contribution in [0.4, 0.5) is 32.0 Å². The zero-order valence-electron chi connectivity index (χ0n) is 14.6. The molecule has 0 unspecified atom stereocenters. The first-order valence-electron chi connectivity index (χ1n) is 7.90. The lowest BCUT2D eigenvalue weighted by molar-refractivity contribution is -0.167. The number of carbonyl (C=O) groups is 1. The Morgan fingerprint density at radius 2 is 1.79 bits per heavy atom. The Morgan fingerprint density at radius 1 is 1.17 bits per heavy atom. The van der Waals surface area contributed by atoms with Gasteiger partial charge in [0.2, 0.25) is 0 Å². The van der Waals surface area contributed by atoms with Gasteiger partial charge in [-0.25, -0.2) is 4.98 Å². The van der Waals surface area contributed by atoms with Crippen molar-refractivity contribution in [1.29, 1.82) is 0 Å². The van der Waals surface area contributed by atoms with E-state index in [1.165, 1.54) is 18.2 Å². The van der Waals surface area contributed by atoms with Gasteiger partial charge in [-0.15, -0.1) is 0 Å². The van der Waals surface area contributed by atoms with Gasteiger partial charge in [0, 0.05) is 17.1 Å². The van der Waals surface area contributed by atoms with E-state index in [0.29, 0.717) is 6.07 Å². The van der Waals surface area contributed by atoms with Crippen LogP contribution >= 0.6 is 23.2 Å². The number of anilines is 1. The fourth-order valence-corrected chi connectivity index (χ4v) is 2.76. The average Bonchev–Trinajstić information content (AvgIpc) is 2.57. The molecular weight excluding hydrogens is 447 g/mol. The maximum atomic E-state index is 13.5. The summed E-state index contributed by atoms with van der Waals surface area (Å²) in [6, 6.07) is 4.11. The molecule has 2 aromatic rings. The predicted molar refractivity (Wildman–Crippen MR) is 96.7 cm³/mol. The van der Waals surface area contributed by atoms with Crippen LogP contribution in [0.3, 0.4) is 0 Å². The van der Waals surface area contributed by atoms with E-state index in [1.807, 2.05) is 5.32 Å². The van der Waals surface area contributed by atoms with E-state index in [9.17, 15) is 31.1 Å². The number of hydrogen-bond acceptors (Lipinski definition) is 3. The molecule has 1 aromatic heterocycles. The molecule has 1 aromatic carbocycles. The number of nitrogens with two attached hydrogens (primary N) is 1. The smallest absolute Gasteiger partial charge is 0.397 e. The Hall–Kier alpha value is -2.20. The van der Waals surface area contributed by atoms with Crippen LogP contribution in [0.5, 0.6) is 0 Å². The molecule has 0 aliphatic rings. The maximum Gasteiger partial charge on any atom is 0.418 e. The number of pyridine rings is 1. The standard InChI is InChI=1S/C17H13Cl2F6N3O/c1-7(16(20,21)22)6-27-15(29)14-12(26)5-10(17(23,24)25)13(28-14)9-3-2-8(18)4-11(9)19/h2-5,7H,6,26H2,1H3,(H,27,29)/t7-/m1/s1. The molecule has 3 N–H and O–H groups in total. The molecule has 1 heterocycles. The minimum absolute atomic E-state index is 0.154. The third-order valence-corrected chi connectivity index (χ3v) is 4.43. The summed E-state index contributed by atoms with van der Waals surface area (Å²) in [5.74, 6) is -3.04. The summed E-state index contributed by atoms with van der Waals surface area (Å²) < 4.78 is 78.1. The second-order valence-corrected chi connectivity index (χ2v) is 6.94. The van der Waals surface area contributed by atoms with Gasteiger partial charge in [0.15, 0.2) is 5.69 Å². The first-order chi connectivity index (χ1) is 13.2. The molecule has 0 aliphatic heterocycles. The summed E-state index contributed by atoms with van der Waals surface area (Å²) in [6.45, 7) is 0.0320. The molecule has 0 saturated carbocycles. The van der Waals surface area contributed by atoms with Crippen molar-refractivity contribution in [3.8, 4) is 11.3 Å². The van der Waals surface area contributed by atoms with Gasteiger partial charge in [0.25, 0.3) is 5.91 Å². The molecule has 0 fully saturated rings. The third-order valence-electron chi connectivity index (χ3n) is 3.89. The van der Waals surface area contributed by atoms with Gasteiger partial charge in [-0.1, -0.05) is 30.1 Å². The summed E-state index contributed by atoms with van der Waals surface area (Å²) >= 11 is 11.7. The average molecular weight is 460 g/mol. The lowest BCUT2D eigenvalue weighted by Gasteiger charge is -2.18. The minimum Gasteiger partial charge on any atom is -0.397 e. The summed E-state index contributed by atoms with van der Waals surface area (Å²) in [4.78, 5) is 15.9. The van der Waals surface area contributed by atoms with Crippen LogP contribution < -0.4 is 11.1 Å². The highest BCUT2D eigenvalue weighted by molar-refractivity contribution is 6.36. The van der Waals surface area contributed by atoms with Crippen LogP contribution in [-0.2, 0) is 6.18 Å². The highest BCUT2D eigenvalue weighted by Crippen LogP contribution is 2.40. The van der Waals surface area contributed by atoms with E-state index in [-0.39, 0.29) is 15.6 Å². The fourth-order valence-electron chi connectivity index (χ4n) is 2.26. The topological polar surface area (TPSA) is 68.0 Å². The van der Waals surface area contributed by atoms with Gasteiger partial charge in [0.1, 0.15) is 0 Å². The van der Waals surface area contributed by atoms with Crippen LogP contribution in [0.2, 0.25) is 10.0 Å². The molecule has 0 spiro atoms. The monoisotopic (exact) mass is 459 g/mol. The summed E-state index contributed by atoms with van der Waals surface area (Å²) in [7, 11) is 0. The van der Waals surface area contributed by atoms with E-state index in [0.717, 1.165) is 6.92 Å². The summed E-state index contributed by atoms with van der Waals surface area (Å²) in [5, 5.41) is 1.96. The molecule has 0 bridgehead atoms. The van der Waals surface area contributed by atoms with Crippen molar-refractivity contribution in [2.45, 2.75) is 19.3 Å². The highest BCUT2D eigenvalue weighted by atomic mass is 35.5. The number of nitrogens with zero attached hydrogens (tertiary/aromatic N) is 1. The highest BCUT2D eigenvalue weighted by Gasteiger charge is 2.38. The van der Waals surface area contributed by atoms with E-state index in [1.54, 1.807) is 0 Å². The van der Waals surface area contributed by atoms with Gasteiger partial charge >= 0.3 is 12.4 Å². The Bertz CT molecular complexity index is 931. The minimum atomic E-state index is -4.89. The number of halogens is 8. The van der Waals surface area contributed by atoms with Crippen LogP contribution in [-0.4, -0.2) is 23.6 Å². The summed E-state index contributed by atoms with van der Waals surface area (Å²) in [5.41, 5.74) is 2.06. The van der Waals surface area contributed by atoms with Gasteiger partial charge in [0.05, 0.1) is 27.9 Å². The van der Waals surface area contributed by atoms with Crippen molar-refractivity contribution >= 4 is 34.8 Å². The van der Waals surface area contributed by atoms with Crippen LogP contribution in [0.1, 0.15) is 23.0 Å². The van der Waals surface area contributed by atoms with Crippen LogP contribution in [0.25, 0.3) is 11.3 Å². The second kappa shape index (κ2) is 8.27. The zero-order chi connectivity index (χ0) is 22.1. The molecule has 4 nitrogen and oxygen atoms in total. The van der Waals surface area contributed by atoms with Gasteiger partial charge < -0.3 is 11.1 Å². The quantitative estimate of drug-likeness (QED) is 0.586. The molecule has 158 valence electrons. The number of rotatable bonds is 4. The van der Waals surface area contributed by atoms with Gasteiger partial charge in [-0.3, -0.25) is 4.79 Å². The van der Waals surface area contributed by atoms with Crippen LogP contribution in [0.15, 0.2) is 24.3 Å². The molecule has 29 heavy (non-hydrogen) atoms. The van der Waals surface area contributed by atoms with Crippen molar-refractivity contribution < 1.29 is 31.1 Å². The SMILES string of the molecule is C[C@H](CNC(=O)c1nc(-c2ccc(Cl)cc2Cl)c(C(F)(F)F)cc1N)C(F)(F)F. The molecule has 2 rings (SSSR count). The Balaban J connectivity index is 2.52. The lowest BCUT2D eigenvalue weighted by atomic mass is 10.0. The normalized spacial score (nSPS) is 13.3. The largest absolute Gasteiger partial charge is 0.418 e. The first-order valence-corrected chi connectivity index (χ1v) is 8.65. The first kappa shape index (κ1) is 23.1. The van der Waals surface area contributed by atoms with Crippen LogP contribution in [0, 0.1) is 5.92 Å². The lowest BCUT2D eigenvalue weighted by Crippen LogP contribution is -2.35. The number of hydrogen-bond donors (Lipinski definition) is 2. The van der Waals surface area contributed by atoms with E-state index < -0.39 is 53.4 Å². The number of alkyl halides is 6. The number of amides is 1. The van der Waals surface area contributed by atoms with E-state index in [4.69, 9.17) is 28.9 Å². The molecule has 0 saturated heterocycles. The van der Waals surface area contributed by atoms with Gasteiger partial charge in [-0.2, -0.15) is 26.3 Å². The van der Waals surface area contributed by atoms with E-state index >= 15 is 0 Å². The second-order valence-electron chi connectivity index (χ2n) is 6.10. The number of nitrogens with one attached hydrogen (secondary N) is 1. The number of aromatic nitrogens is 1. The Kier molecular flexibility index (Phi) is 6.58. The van der Waals surface area contributed by atoms with E-state index in [2.05, 4.69) is 4.98 Å². The van der Waals surface area contributed by atoms with Crippen molar-refractivity contribution in [3.63, 3.8) is 0 Å². The molecule has 1 amide bonds. The Morgan fingerprint density at radius 3 is 2.31 bits per heavy atom. The molecule has 0 aliphatic carbocycles. The molecule has 0 radical (unpaired) electrons. The maximum absolute atomic E-state index is 13.5. The number of benzene rings is 1. The van der Waals surface area contributed by atoms with Crippen molar-refractivity contribution in [1.82, 2.24) is 10.3 Å². The van der Waals surface area contributed by atoms with Crippen molar-refractivity contribution in [2.24, 2.45) is 5.92 Å². The van der Waals surface area contributed by atoms with Crippen molar-refractivity contribution in [3.05, 3.63) is 45.6 Å². The molecule has 12 heteroatoms. The number of nitrogen functional groups attached to an aromatic ring is 1.